The second kappa shape index (κ2) is 9.02. The molecule has 0 aliphatic carbocycles. The fourth-order valence-electron chi connectivity index (χ4n) is 4.30. The molecule has 2 aromatic carbocycles. The first-order chi connectivity index (χ1) is 16.4. The van der Waals surface area contributed by atoms with Gasteiger partial charge in [0, 0.05) is 11.8 Å². The third-order valence-corrected chi connectivity index (χ3v) is 6.01. The van der Waals surface area contributed by atoms with Crippen LogP contribution in [-0.2, 0) is 18.9 Å². The highest BCUT2D eigenvalue weighted by atomic mass is 16.8. The number of ether oxygens (including phenoxy) is 4. The van der Waals surface area contributed by atoms with Crippen LogP contribution in [0.4, 0.5) is 0 Å². The van der Waals surface area contributed by atoms with Crippen LogP contribution in [0.3, 0.4) is 0 Å². The van der Waals surface area contributed by atoms with E-state index in [0.717, 1.165) is 11.1 Å². The number of carbonyl (C=O) groups is 1. The minimum atomic E-state index is -0.827. The van der Waals surface area contributed by atoms with Crippen LogP contribution in [0.25, 0.3) is 11.1 Å². The van der Waals surface area contributed by atoms with Gasteiger partial charge in [-0.1, -0.05) is 42.5 Å². The number of hydrogen-bond donors (Lipinski definition) is 1. The number of benzene rings is 2. The summed E-state index contributed by atoms with van der Waals surface area (Å²) < 4.78 is 24.4. The van der Waals surface area contributed by atoms with Gasteiger partial charge in [0.2, 0.25) is 0 Å². The van der Waals surface area contributed by atoms with Gasteiger partial charge in [0.1, 0.15) is 24.9 Å². The van der Waals surface area contributed by atoms with Gasteiger partial charge < -0.3 is 18.9 Å². The molecule has 0 bridgehead atoms. The number of nitrogens with zero attached hydrogens (tertiary/aromatic N) is 1. The molecule has 1 unspecified atom stereocenters. The predicted octanol–water partition coefficient (Wildman–Crippen LogP) is 2.40. The van der Waals surface area contributed by atoms with Gasteiger partial charge in [0.05, 0.1) is 5.56 Å². The maximum Gasteiger partial charge on any atom is 0.338 e. The lowest BCUT2D eigenvalue weighted by molar-refractivity contribution is -0.145. The Kier molecular flexibility index (Phi) is 5.91. The Labute approximate surface area is 194 Å². The largest absolute Gasteiger partial charge is 0.459 e. The summed E-state index contributed by atoms with van der Waals surface area (Å²) in [4.78, 5) is 39.0. The van der Waals surface area contributed by atoms with E-state index in [0.29, 0.717) is 11.1 Å². The third-order valence-electron chi connectivity index (χ3n) is 6.01. The van der Waals surface area contributed by atoms with Gasteiger partial charge in [-0.2, -0.15) is 0 Å². The van der Waals surface area contributed by atoms with E-state index >= 15 is 0 Å². The monoisotopic (exact) mass is 464 g/mol. The van der Waals surface area contributed by atoms with Gasteiger partial charge in [-0.05, 0) is 37.1 Å². The Morgan fingerprint density at radius 1 is 0.971 bits per heavy atom. The highest BCUT2D eigenvalue weighted by Gasteiger charge is 2.53. The van der Waals surface area contributed by atoms with Crippen LogP contribution < -0.4 is 11.2 Å². The molecule has 176 valence electrons. The molecule has 2 aliphatic heterocycles. The maximum atomic E-state index is 12.6. The minimum Gasteiger partial charge on any atom is -0.459 e. The second-order valence-corrected chi connectivity index (χ2v) is 8.35. The van der Waals surface area contributed by atoms with E-state index in [-0.39, 0.29) is 6.61 Å². The number of aromatic nitrogens is 2. The first kappa shape index (κ1) is 22.3. The highest BCUT2D eigenvalue weighted by Crippen LogP contribution is 2.38. The summed E-state index contributed by atoms with van der Waals surface area (Å²) in [6, 6.07) is 17.0. The van der Waals surface area contributed by atoms with Gasteiger partial charge in [0.15, 0.2) is 12.5 Å². The lowest BCUT2D eigenvalue weighted by atomic mass is 10.0. The van der Waals surface area contributed by atoms with Crippen LogP contribution in [0, 0.1) is 6.92 Å². The average molecular weight is 464 g/mol. The predicted molar refractivity (Wildman–Crippen MR) is 121 cm³/mol. The Balaban J connectivity index is 1.29. The number of fused-ring (bicyclic) bond motifs is 1. The molecule has 5 rings (SSSR count). The summed E-state index contributed by atoms with van der Waals surface area (Å²) in [5.74, 6) is -0.493. The molecule has 0 spiro atoms. The quantitative estimate of drug-likeness (QED) is 0.578. The molecule has 1 N–H and O–H groups in total. The molecule has 9 nitrogen and oxygen atoms in total. The molecule has 5 atom stereocenters. The highest BCUT2D eigenvalue weighted by molar-refractivity contribution is 5.90. The van der Waals surface area contributed by atoms with Crippen molar-refractivity contribution in [3.05, 3.63) is 92.8 Å². The Bertz CT molecular complexity index is 1300. The molecular weight excluding hydrogens is 440 g/mol. The first-order valence-electron chi connectivity index (χ1n) is 11.0. The molecule has 3 aromatic rings. The Morgan fingerprint density at radius 2 is 1.65 bits per heavy atom. The summed E-state index contributed by atoms with van der Waals surface area (Å²) in [6.07, 6.45) is -1.68. The minimum absolute atomic E-state index is 0.0793. The van der Waals surface area contributed by atoms with Gasteiger partial charge in [-0.15, -0.1) is 0 Å². The molecular formula is C25H24N2O7. The summed E-state index contributed by atoms with van der Waals surface area (Å²) in [7, 11) is 0. The lowest BCUT2D eigenvalue weighted by Gasteiger charge is -2.20. The van der Waals surface area contributed by atoms with E-state index in [1.807, 2.05) is 42.5 Å². The molecule has 0 amide bonds. The first-order valence-corrected chi connectivity index (χ1v) is 11.0. The van der Waals surface area contributed by atoms with E-state index < -0.39 is 48.0 Å². The van der Waals surface area contributed by atoms with Gasteiger partial charge in [-0.3, -0.25) is 14.3 Å². The van der Waals surface area contributed by atoms with Crippen molar-refractivity contribution < 1.29 is 23.7 Å². The second-order valence-electron chi connectivity index (χ2n) is 8.35. The van der Waals surface area contributed by atoms with Crippen molar-refractivity contribution >= 4 is 5.97 Å². The number of carbonyl (C=O) groups excluding carboxylic acids is 1. The van der Waals surface area contributed by atoms with Crippen LogP contribution in [0.2, 0.25) is 0 Å². The van der Waals surface area contributed by atoms with Gasteiger partial charge in [-0.25, -0.2) is 9.59 Å². The normalized spacial score (nSPS) is 25.8. The molecule has 2 aliphatic rings. The van der Waals surface area contributed by atoms with Crippen LogP contribution in [0.1, 0.15) is 29.1 Å². The van der Waals surface area contributed by atoms with Crippen molar-refractivity contribution in [3.63, 3.8) is 0 Å². The number of aromatic amines is 1. The topological polar surface area (TPSA) is 109 Å². The van der Waals surface area contributed by atoms with Crippen molar-refractivity contribution in [2.75, 3.05) is 6.61 Å². The molecule has 2 saturated heterocycles. The molecule has 0 radical (unpaired) electrons. The number of aryl methyl sites for hydroxylation is 1. The van der Waals surface area contributed by atoms with Crippen LogP contribution in [-0.4, -0.2) is 46.7 Å². The van der Waals surface area contributed by atoms with Crippen molar-refractivity contribution in [1.29, 1.82) is 0 Å². The zero-order valence-corrected chi connectivity index (χ0v) is 18.7. The van der Waals surface area contributed by atoms with E-state index in [9.17, 15) is 14.4 Å². The molecule has 3 heterocycles. The third kappa shape index (κ3) is 4.21. The van der Waals surface area contributed by atoms with E-state index in [2.05, 4.69) is 4.98 Å². The van der Waals surface area contributed by atoms with Gasteiger partial charge >= 0.3 is 11.7 Å². The molecule has 0 saturated carbocycles. The fraction of sp³-hybridized carbons (Fsp3) is 0.320. The number of nitrogens with one attached hydrogen (secondary N) is 1. The summed E-state index contributed by atoms with van der Waals surface area (Å²) in [5, 5.41) is 0. The van der Waals surface area contributed by atoms with Crippen LogP contribution in [0.15, 0.2) is 70.4 Å². The van der Waals surface area contributed by atoms with Crippen molar-refractivity contribution in [2.45, 2.75) is 44.7 Å². The molecule has 9 heteroatoms. The standard InChI is InChI=1S/C25H24N2O7/c1-14-12-27(25(30)26-22(14)28)23-21-20(32-15(2)33-21)19(34-23)13-31-24(29)18-10-8-17(9-11-18)16-6-4-3-5-7-16/h3-12,15,19-21,23H,13H2,1-2H3,(H,26,28,30)/t15?,19-,20-,21-,23-/m1/s1. The molecule has 34 heavy (non-hydrogen) atoms. The number of H-pyrrole nitrogens is 1. The molecule has 2 fully saturated rings. The van der Waals surface area contributed by atoms with Crippen molar-refractivity contribution in [2.24, 2.45) is 0 Å². The van der Waals surface area contributed by atoms with E-state index in [4.69, 9.17) is 18.9 Å². The van der Waals surface area contributed by atoms with Gasteiger partial charge in [0.25, 0.3) is 5.56 Å². The number of esters is 1. The zero-order valence-electron chi connectivity index (χ0n) is 18.7. The van der Waals surface area contributed by atoms with E-state index in [1.165, 1.54) is 10.8 Å². The Hall–Kier alpha value is -3.53. The number of rotatable bonds is 5. The zero-order chi connectivity index (χ0) is 23.8. The summed E-state index contributed by atoms with van der Waals surface area (Å²) in [5.41, 5.74) is 1.75. The fourth-order valence-corrected chi connectivity index (χ4v) is 4.30. The average Bonchev–Trinajstić information content (AvgIpc) is 3.38. The van der Waals surface area contributed by atoms with Crippen LogP contribution >= 0.6 is 0 Å². The lowest BCUT2D eigenvalue weighted by Crippen LogP contribution is -2.37. The summed E-state index contributed by atoms with van der Waals surface area (Å²) in [6.45, 7) is 3.26. The van der Waals surface area contributed by atoms with Crippen molar-refractivity contribution in [1.82, 2.24) is 9.55 Å². The smallest absolute Gasteiger partial charge is 0.338 e. The van der Waals surface area contributed by atoms with Crippen molar-refractivity contribution in [3.8, 4) is 11.1 Å². The van der Waals surface area contributed by atoms with Crippen LogP contribution in [0.5, 0.6) is 0 Å². The summed E-state index contributed by atoms with van der Waals surface area (Å²) >= 11 is 0. The maximum absolute atomic E-state index is 12.6. The van der Waals surface area contributed by atoms with E-state index in [1.54, 1.807) is 26.0 Å². The number of hydrogen-bond acceptors (Lipinski definition) is 7. The Morgan fingerprint density at radius 3 is 2.38 bits per heavy atom. The molecule has 1 aromatic heterocycles. The SMILES string of the molecule is Cc1cn([C@@H]2O[C@H](COC(=O)c3ccc(-c4ccccc4)cc3)[C@H]3OC(C)O[C@H]32)c(=O)[nH]c1=O.